The molecule has 0 bridgehead atoms. The van der Waals surface area contributed by atoms with E-state index in [1.807, 2.05) is 18.2 Å². The maximum atomic E-state index is 13.0. The summed E-state index contributed by atoms with van der Waals surface area (Å²) in [6.07, 6.45) is 0.579. The maximum Gasteiger partial charge on any atom is 0.243 e. The Morgan fingerprint density at radius 1 is 1.04 bits per heavy atom. The molecule has 0 unspecified atom stereocenters. The number of H-pyrrole nitrogens is 1. The minimum Gasteiger partial charge on any atom is -0.282 e. The van der Waals surface area contributed by atoms with Crippen molar-refractivity contribution in [2.75, 3.05) is 6.54 Å². The maximum absolute atomic E-state index is 13.0. The molecule has 1 aliphatic heterocycles. The van der Waals surface area contributed by atoms with E-state index in [1.54, 1.807) is 18.2 Å². The predicted octanol–water partition coefficient (Wildman–Crippen LogP) is 4.13. The van der Waals surface area contributed by atoms with Gasteiger partial charge in [-0.3, -0.25) is 5.10 Å². The zero-order valence-corrected chi connectivity index (χ0v) is 15.9. The molecule has 8 heteroatoms. The van der Waals surface area contributed by atoms with Crippen molar-refractivity contribution in [1.82, 2.24) is 14.5 Å². The number of hydrogen-bond donors (Lipinski definition) is 1. The number of rotatable bonds is 3. The van der Waals surface area contributed by atoms with E-state index in [9.17, 15) is 8.42 Å². The molecular formula is C18H15Cl2N3O2S. The van der Waals surface area contributed by atoms with Gasteiger partial charge in [-0.15, -0.1) is 0 Å². The molecule has 0 amide bonds. The van der Waals surface area contributed by atoms with Crippen molar-refractivity contribution in [3.8, 4) is 11.3 Å². The van der Waals surface area contributed by atoms with Crippen LogP contribution in [0.15, 0.2) is 53.4 Å². The Labute approximate surface area is 161 Å². The van der Waals surface area contributed by atoms with Gasteiger partial charge in [0.15, 0.2) is 0 Å². The van der Waals surface area contributed by atoms with E-state index in [0.29, 0.717) is 23.0 Å². The Bertz CT molecular complexity index is 1060. The number of halogens is 2. The van der Waals surface area contributed by atoms with Crippen molar-refractivity contribution in [2.24, 2.45) is 0 Å². The second-order valence-electron chi connectivity index (χ2n) is 6.08. The minimum atomic E-state index is -3.60. The molecule has 134 valence electrons. The van der Waals surface area contributed by atoms with Crippen LogP contribution in [0.3, 0.4) is 0 Å². The number of nitrogens with one attached hydrogen (secondary N) is 1. The molecule has 0 aliphatic carbocycles. The average Bonchev–Trinajstić information content (AvgIpc) is 3.05. The third-order valence-electron chi connectivity index (χ3n) is 4.45. The summed E-state index contributed by atoms with van der Waals surface area (Å²) in [5.74, 6) is 0. The van der Waals surface area contributed by atoms with Crippen LogP contribution in [-0.2, 0) is 23.0 Å². The van der Waals surface area contributed by atoms with Gasteiger partial charge in [-0.2, -0.15) is 9.40 Å². The molecular weight excluding hydrogens is 393 g/mol. The van der Waals surface area contributed by atoms with Crippen molar-refractivity contribution in [1.29, 1.82) is 0 Å². The lowest BCUT2D eigenvalue weighted by Gasteiger charge is -2.26. The SMILES string of the molecule is O=S(=O)(c1ccc(Cl)cc1)N1CCc2[nH]nc(-c3cccc(Cl)c3)c2C1. The highest BCUT2D eigenvalue weighted by Gasteiger charge is 2.31. The second kappa shape index (κ2) is 6.70. The van der Waals surface area contributed by atoms with E-state index < -0.39 is 10.0 Å². The average molecular weight is 408 g/mol. The molecule has 0 saturated heterocycles. The van der Waals surface area contributed by atoms with Gasteiger partial charge in [0.25, 0.3) is 0 Å². The number of fused-ring (bicyclic) bond motifs is 1. The van der Waals surface area contributed by atoms with Gasteiger partial charge in [0, 0.05) is 46.4 Å². The molecule has 1 aliphatic rings. The van der Waals surface area contributed by atoms with Crippen LogP contribution in [0, 0.1) is 0 Å². The summed E-state index contributed by atoms with van der Waals surface area (Å²) in [4.78, 5) is 0.234. The first-order valence-electron chi connectivity index (χ1n) is 8.03. The van der Waals surface area contributed by atoms with Gasteiger partial charge >= 0.3 is 0 Å². The standard InChI is InChI=1S/C18H15Cl2N3O2S/c19-13-4-6-15(7-5-13)26(24,25)23-9-8-17-16(11-23)18(22-21-17)12-2-1-3-14(20)10-12/h1-7,10H,8-9,11H2,(H,21,22). The van der Waals surface area contributed by atoms with Crippen molar-refractivity contribution in [2.45, 2.75) is 17.9 Å². The fourth-order valence-corrected chi connectivity index (χ4v) is 4.83. The van der Waals surface area contributed by atoms with Crippen LogP contribution in [0.4, 0.5) is 0 Å². The quantitative estimate of drug-likeness (QED) is 0.709. The second-order valence-corrected chi connectivity index (χ2v) is 8.89. The van der Waals surface area contributed by atoms with E-state index in [0.717, 1.165) is 22.5 Å². The number of hydrogen-bond acceptors (Lipinski definition) is 3. The number of sulfonamides is 1. The fraction of sp³-hybridized carbons (Fsp3) is 0.167. The van der Waals surface area contributed by atoms with E-state index in [1.165, 1.54) is 16.4 Å². The first kappa shape index (κ1) is 17.5. The normalized spacial score (nSPS) is 15.0. The topological polar surface area (TPSA) is 66.1 Å². The summed E-state index contributed by atoms with van der Waals surface area (Å²) in [5.41, 5.74) is 3.44. The molecule has 26 heavy (non-hydrogen) atoms. The molecule has 0 saturated carbocycles. The third-order valence-corrected chi connectivity index (χ3v) is 6.79. The van der Waals surface area contributed by atoms with Gasteiger partial charge in [-0.05, 0) is 36.4 Å². The summed E-state index contributed by atoms with van der Waals surface area (Å²) in [6, 6.07) is 13.6. The lowest BCUT2D eigenvalue weighted by Crippen LogP contribution is -2.35. The predicted molar refractivity (Wildman–Crippen MR) is 102 cm³/mol. The lowest BCUT2D eigenvalue weighted by atomic mass is 10.0. The third kappa shape index (κ3) is 3.14. The van der Waals surface area contributed by atoms with Crippen LogP contribution < -0.4 is 0 Å². The van der Waals surface area contributed by atoms with Gasteiger partial charge in [-0.25, -0.2) is 8.42 Å². The van der Waals surface area contributed by atoms with Crippen LogP contribution in [0.25, 0.3) is 11.3 Å². The lowest BCUT2D eigenvalue weighted by molar-refractivity contribution is 0.390. The Morgan fingerprint density at radius 3 is 2.54 bits per heavy atom. The first-order chi connectivity index (χ1) is 12.4. The van der Waals surface area contributed by atoms with Crippen molar-refractivity contribution in [3.63, 3.8) is 0 Å². The molecule has 3 aromatic rings. The number of aromatic amines is 1. The number of benzene rings is 2. The van der Waals surface area contributed by atoms with Gasteiger partial charge in [0.05, 0.1) is 10.6 Å². The molecule has 0 spiro atoms. The molecule has 2 heterocycles. The Balaban J connectivity index is 1.69. The minimum absolute atomic E-state index is 0.234. The Kier molecular flexibility index (Phi) is 4.52. The van der Waals surface area contributed by atoms with Gasteiger partial charge in [-0.1, -0.05) is 35.3 Å². The molecule has 0 fully saturated rings. The summed E-state index contributed by atoms with van der Waals surface area (Å²) >= 11 is 12.0. The van der Waals surface area contributed by atoms with Crippen molar-refractivity contribution in [3.05, 3.63) is 69.8 Å². The van der Waals surface area contributed by atoms with Crippen molar-refractivity contribution < 1.29 is 8.42 Å². The molecule has 2 aromatic carbocycles. The monoisotopic (exact) mass is 407 g/mol. The smallest absolute Gasteiger partial charge is 0.243 e. The van der Waals surface area contributed by atoms with E-state index in [-0.39, 0.29) is 11.4 Å². The summed E-state index contributed by atoms with van der Waals surface area (Å²) < 4.78 is 27.4. The van der Waals surface area contributed by atoms with E-state index in [2.05, 4.69) is 10.2 Å². The molecule has 1 N–H and O–H groups in total. The Hall–Kier alpha value is -1.86. The van der Waals surface area contributed by atoms with E-state index >= 15 is 0 Å². The van der Waals surface area contributed by atoms with Gasteiger partial charge < -0.3 is 0 Å². The molecule has 0 atom stereocenters. The summed E-state index contributed by atoms with van der Waals surface area (Å²) in [5, 5.41) is 8.53. The van der Waals surface area contributed by atoms with Crippen LogP contribution in [0.2, 0.25) is 10.0 Å². The van der Waals surface area contributed by atoms with Crippen LogP contribution in [0.1, 0.15) is 11.3 Å². The van der Waals surface area contributed by atoms with Crippen LogP contribution >= 0.6 is 23.2 Å². The highest BCUT2D eigenvalue weighted by Crippen LogP contribution is 2.32. The summed E-state index contributed by atoms with van der Waals surface area (Å²) in [7, 11) is -3.60. The zero-order chi connectivity index (χ0) is 18.3. The largest absolute Gasteiger partial charge is 0.282 e. The van der Waals surface area contributed by atoms with Crippen LogP contribution in [-0.4, -0.2) is 29.5 Å². The van der Waals surface area contributed by atoms with E-state index in [4.69, 9.17) is 23.2 Å². The van der Waals surface area contributed by atoms with Crippen molar-refractivity contribution >= 4 is 33.2 Å². The highest BCUT2D eigenvalue weighted by molar-refractivity contribution is 7.89. The fourth-order valence-electron chi connectivity index (χ4n) is 3.11. The van der Waals surface area contributed by atoms with Gasteiger partial charge in [0.1, 0.15) is 0 Å². The molecule has 1 aromatic heterocycles. The van der Waals surface area contributed by atoms with Gasteiger partial charge in [0.2, 0.25) is 10.0 Å². The summed E-state index contributed by atoms with van der Waals surface area (Å²) in [6.45, 7) is 0.660. The molecule has 5 nitrogen and oxygen atoms in total. The molecule has 0 radical (unpaired) electrons. The first-order valence-corrected chi connectivity index (χ1v) is 10.2. The zero-order valence-electron chi connectivity index (χ0n) is 13.6. The highest BCUT2D eigenvalue weighted by atomic mass is 35.5. The number of aromatic nitrogens is 2. The number of nitrogens with zero attached hydrogens (tertiary/aromatic N) is 2. The van der Waals surface area contributed by atoms with Crippen LogP contribution in [0.5, 0.6) is 0 Å². The molecule has 4 rings (SSSR count). The Morgan fingerprint density at radius 2 is 1.81 bits per heavy atom.